The van der Waals surface area contributed by atoms with Gasteiger partial charge in [-0.1, -0.05) is 41.9 Å². The Balaban J connectivity index is 1.72. The highest BCUT2D eigenvalue weighted by molar-refractivity contribution is 6.32. The predicted molar refractivity (Wildman–Crippen MR) is 160 cm³/mol. The number of rotatable bonds is 10. The fourth-order valence-corrected chi connectivity index (χ4v) is 5.35. The third-order valence-corrected chi connectivity index (χ3v) is 7.82. The SMILES string of the molecule is COC(=O)C1(NC(=O)c2ccc(-c3ccccc3C)c(-c3ccc(Cl)c(OCCCN(C)C)c3)n2)CCC(O)CC1. The number of aromatic nitrogens is 1. The zero-order valence-corrected chi connectivity index (χ0v) is 24.8. The maximum atomic E-state index is 13.6. The van der Waals surface area contributed by atoms with Crippen molar-refractivity contribution in [3.8, 4) is 28.1 Å². The van der Waals surface area contributed by atoms with Crippen molar-refractivity contribution in [2.45, 2.75) is 50.7 Å². The van der Waals surface area contributed by atoms with E-state index in [0.29, 0.717) is 35.9 Å². The van der Waals surface area contributed by atoms with Crippen molar-refractivity contribution in [3.63, 3.8) is 0 Å². The summed E-state index contributed by atoms with van der Waals surface area (Å²) in [7, 11) is 5.33. The Morgan fingerprint density at radius 2 is 1.83 bits per heavy atom. The number of hydrogen-bond acceptors (Lipinski definition) is 7. The summed E-state index contributed by atoms with van der Waals surface area (Å²) in [6.07, 6.45) is 1.69. The molecule has 1 amide bonds. The highest BCUT2D eigenvalue weighted by Gasteiger charge is 2.44. The van der Waals surface area contributed by atoms with E-state index in [2.05, 4.69) is 10.2 Å². The molecule has 2 N–H and O–H groups in total. The standard InChI is InChI=1S/C32H38ClN3O5/c1-21-8-5-6-9-24(21)25-11-13-27(30(38)35-32(31(39)40-4)16-14-23(37)15-17-32)34-29(25)22-10-12-26(33)28(20-22)41-19-7-18-36(2)3/h5-6,8-13,20,23,37H,7,14-19H2,1-4H3,(H,35,38). The van der Waals surface area contributed by atoms with Gasteiger partial charge in [0.2, 0.25) is 0 Å². The Kier molecular flexibility index (Phi) is 10.0. The van der Waals surface area contributed by atoms with Crippen molar-refractivity contribution < 1.29 is 24.2 Å². The number of nitrogens with zero attached hydrogens (tertiary/aromatic N) is 2. The van der Waals surface area contributed by atoms with Gasteiger partial charge in [0.15, 0.2) is 0 Å². The van der Waals surface area contributed by atoms with E-state index < -0.39 is 23.5 Å². The van der Waals surface area contributed by atoms with Gasteiger partial charge in [-0.15, -0.1) is 0 Å². The summed E-state index contributed by atoms with van der Waals surface area (Å²) in [6, 6.07) is 17.0. The van der Waals surface area contributed by atoms with Gasteiger partial charge < -0.3 is 24.8 Å². The van der Waals surface area contributed by atoms with Gasteiger partial charge in [0.05, 0.1) is 30.5 Å². The summed E-state index contributed by atoms with van der Waals surface area (Å²) >= 11 is 6.48. The fourth-order valence-electron chi connectivity index (χ4n) is 5.17. The first-order chi connectivity index (χ1) is 19.6. The molecule has 41 heavy (non-hydrogen) atoms. The van der Waals surface area contributed by atoms with Crippen molar-refractivity contribution in [2.24, 2.45) is 0 Å². The normalized spacial score (nSPS) is 18.7. The predicted octanol–water partition coefficient (Wildman–Crippen LogP) is 5.28. The molecule has 1 heterocycles. The molecule has 9 heteroatoms. The summed E-state index contributed by atoms with van der Waals surface area (Å²) in [5.74, 6) is -0.470. The van der Waals surface area contributed by atoms with Crippen LogP contribution in [0.25, 0.3) is 22.4 Å². The molecule has 0 spiro atoms. The number of methoxy groups -OCH3 is 1. The van der Waals surface area contributed by atoms with E-state index in [-0.39, 0.29) is 18.5 Å². The van der Waals surface area contributed by atoms with Crippen LogP contribution in [0, 0.1) is 6.92 Å². The average Bonchev–Trinajstić information content (AvgIpc) is 2.97. The van der Waals surface area contributed by atoms with Crippen LogP contribution in [0.3, 0.4) is 0 Å². The first-order valence-corrected chi connectivity index (χ1v) is 14.2. The van der Waals surface area contributed by atoms with E-state index in [1.807, 2.05) is 63.5 Å². The minimum atomic E-state index is -1.21. The first kappa shape index (κ1) is 30.5. The summed E-state index contributed by atoms with van der Waals surface area (Å²) < 4.78 is 11.1. The zero-order valence-electron chi connectivity index (χ0n) is 24.1. The number of aryl methyl sites for hydroxylation is 1. The van der Waals surface area contributed by atoms with Gasteiger partial charge in [0.25, 0.3) is 5.91 Å². The topological polar surface area (TPSA) is 101 Å². The lowest BCUT2D eigenvalue weighted by Crippen LogP contribution is -2.57. The first-order valence-electron chi connectivity index (χ1n) is 13.9. The molecular weight excluding hydrogens is 542 g/mol. The molecule has 0 bridgehead atoms. The fraction of sp³-hybridized carbons (Fsp3) is 0.406. The van der Waals surface area contributed by atoms with Gasteiger partial charge in [-0.3, -0.25) is 4.79 Å². The van der Waals surface area contributed by atoms with Crippen LogP contribution in [0.5, 0.6) is 5.75 Å². The smallest absolute Gasteiger partial charge is 0.331 e. The summed E-state index contributed by atoms with van der Waals surface area (Å²) in [4.78, 5) is 33.3. The van der Waals surface area contributed by atoms with E-state index in [4.69, 9.17) is 26.1 Å². The van der Waals surface area contributed by atoms with Crippen LogP contribution in [0.15, 0.2) is 54.6 Å². The molecule has 0 atom stereocenters. The molecule has 0 aliphatic heterocycles. The quantitative estimate of drug-likeness (QED) is 0.249. The number of ether oxygens (including phenoxy) is 2. The number of benzene rings is 2. The number of esters is 1. The number of aliphatic hydroxyl groups is 1. The van der Waals surface area contributed by atoms with Gasteiger partial charge in [0.1, 0.15) is 17.0 Å². The Bertz CT molecular complexity index is 1390. The van der Waals surface area contributed by atoms with Crippen molar-refractivity contribution in [2.75, 3.05) is 34.4 Å². The minimum absolute atomic E-state index is 0.162. The zero-order chi connectivity index (χ0) is 29.6. The van der Waals surface area contributed by atoms with Crippen LogP contribution in [0.1, 0.15) is 48.2 Å². The number of pyridine rings is 1. The van der Waals surface area contributed by atoms with Crippen LogP contribution in [-0.2, 0) is 9.53 Å². The average molecular weight is 580 g/mol. The lowest BCUT2D eigenvalue weighted by atomic mass is 9.80. The summed E-state index contributed by atoms with van der Waals surface area (Å²) in [6.45, 7) is 3.42. The third kappa shape index (κ3) is 7.25. The van der Waals surface area contributed by atoms with Crippen LogP contribution in [-0.4, -0.2) is 72.9 Å². The minimum Gasteiger partial charge on any atom is -0.492 e. The third-order valence-electron chi connectivity index (χ3n) is 7.51. The lowest BCUT2D eigenvalue weighted by molar-refractivity contribution is -0.150. The second-order valence-corrected chi connectivity index (χ2v) is 11.2. The molecule has 218 valence electrons. The van der Waals surface area contributed by atoms with E-state index in [1.165, 1.54) is 7.11 Å². The molecule has 2 aromatic carbocycles. The number of nitrogens with one attached hydrogen (secondary N) is 1. The highest BCUT2D eigenvalue weighted by atomic mass is 35.5. The van der Waals surface area contributed by atoms with Crippen molar-refractivity contribution in [1.29, 1.82) is 0 Å². The number of amides is 1. The lowest BCUT2D eigenvalue weighted by Gasteiger charge is -2.36. The monoisotopic (exact) mass is 579 g/mol. The van der Waals surface area contributed by atoms with E-state index in [1.54, 1.807) is 12.1 Å². The Labute approximate surface area is 246 Å². The second kappa shape index (κ2) is 13.5. The molecule has 1 saturated carbocycles. The van der Waals surface area contributed by atoms with E-state index in [9.17, 15) is 14.7 Å². The molecule has 1 aliphatic rings. The number of hydrogen-bond donors (Lipinski definition) is 2. The van der Waals surface area contributed by atoms with Gasteiger partial charge >= 0.3 is 5.97 Å². The molecule has 0 unspecified atom stereocenters. The summed E-state index contributed by atoms with van der Waals surface area (Å²) in [5.41, 5.74) is 3.18. The van der Waals surface area contributed by atoms with Crippen LogP contribution in [0.4, 0.5) is 0 Å². The van der Waals surface area contributed by atoms with Gasteiger partial charge in [-0.2, -0.15) is 0 Å². The number of carbonyl (C=O) groups is 2. The second-order valence-electron chi connectivity index (χ2n) is 10.8. The van der Waals surface area contributed by atoms with Crippen LogP contribution >= 0.6 is 11.6 Å². The molecule has 0 radical (unpaired) electrons. The Morgan fingerprint density at radius 1 is 1.10 bits per heavy atom. The Hall–Kier alpha value is -3.46. The van der Waals surface area contributed by atoms with E-state index in [0.717, 1.165) is 35.2 Å². The Morgan fingerprint density at radius 3 is 2.51 bits per heavy atom. The number of aliphatic hydroxyl groups excluding tert-OH is 1. The molecule has 0 saturated heterocycles. The van der Waals surface area contributed by atoms with E-state index >= 15 is 0 Å². The molecule has 4 rings (SSSR count). The number of halogens is 1. The maximum Gasteiger partial charge on any atom is 0.331 e. The highest BCUT2D eigenvalue weighted by Crippen LogP contribution is 2.37. The van der Waals surface area contributed by atoms with Crippen molar-refractivity contribution >= 4 is 23.5 Å². The van der Waals surface area contributed by atoms with Crippen LogP contribution in [0.2, 0.25) is 5.02 Å². The largest absolute Gasteiger partial charge is 0.492 e. The van der Waals surface area contributed by atoms with Crippen molar-refractivity contribution in [3.05, 3.63) is 70.9 Å². The number of carbonyl (C=O) groups excluding carboxylic acids is 2. The molecule has 3 aromatic rings. The molecule has 1 aromatic heterocycles. The molecule has 8 nitrogen and oxygen atoms in total. The van der Waals surface area contributed by atoms with Gasteiger partial charge in [-0.05, 0) is 88.5 Å². The summed E-state index contributed by atoms with van der Waals surface area (Å²) in [5, 5.41) is 13.4. The van der Waals surface area contributed by atoms with Crippen LogP contribution < -0.4 is 10.1 Å². The maximum absolute atomic E-state index is 13.6. The van der Waals surface area contributed by atoms with Gasteiger partial charge in [-0.25, -0.2) is 9.78 Å². The molecule has 1 fully saturated rings. The molecular formula is C32H38ClN3O5. The molecule has 1 aliphatic carbocycles. The van der Waals surface area contributed by atoms with Crippen molar-refractivity contribution in [1.82, 2.24) is 15.2 Å². The van der Waals surface area contributed by atoms with Gasteiger partial charge in [0, 0.05) is 17.7 Å².